The highest BCUT2D eigenvalue weighted by atomic mass is 35.5. The van der Waals surface area contributed by atoms with Gasteiger partial charge in [-0.25, -0.2) is 9.97 Å². The lowest BCUT2D eigenvalue weighted by Gasteiger charge is -2.25. The summed E-state index contributed by atoms with van der Waals surface area (Å²) in [7, 11) is 1.61. The number of anilines is 1. The fourth-order valence-electron chi connectivity index (χ4n) is 2.38. The highest BCUT2D eigenvalue weighted by Gasteiger charge is 2.25. The standard InChI is InChI=1S/C13H20ClN3O/c1-13(2)5-4-7-17(8-6-13)12-10(18-3)11(14)15-9-16-12/h9H,4-8H2,1-3H3. The molecule has 1 aliphatic heterocycles. The molecule has 0 atom stereocenters. The quantitative estimate of drug-likeness (QED) is 0.773. The van der Waals surface area contributed by atoms with Gasteiger partial charge in [0.15, 0.2) is 16.7 Å². The molecule has 2 heterocycles. The number of aromatic nitrogens is 2. The number of ether oxygens (including phenoxy) is 1. The molecule has 0 saturated carbocycles. The van der Waals surface area contributed by atoms with E-state index in [2.05, 4.69) is 28.7 Å². The summed E-state index contributed by atoms with van der Waals surface area (Å²) in [6.07, 6.45) is 5.05. The number of hydrogen-bond donors (Lipinski definition) is 0. The van der Waals surface area contributed by atoms with Gasteiger partial charge in [-0.05, 0) is 24.7 Å². The van der Waals surface area contributed by atoms with E-state index in [9.17, 15) is 0 Å². The van der Waals surface area contributed by atoms with Crippen LogP contribution in [0.25, 0.3) is 0 Å². The van der Waals surface area contributed by atoms with Crippen molar-refractivity contribution >= 4 is 17.4 Å². The molecular formula is C13H20ClN3O. The zero-order chi connectivity index (χ0) is 13.2. The molecule has 0 aromatic carbocycles. The first-order valence-corrected chi connectivity index (χ1v) is 6.71. The van der Waals surface area contributed by atoms with E-state index in [4.69, 9.17) is 16.3 Å². The van der Waals surface area contributed by atoms with E-state index in [0.29, 0.717) is 16.3 Å². The van der Waals surface area contributed by atoms with E-state index in [-0.39, 0.29) is 0 Å². The van der Waals surface area contributed by atoms with Crippen LogP contribution in [0.2, 0.25) is 5.15 Å². The SMILES string of the molecule is COc1c(Cl)ncnc1N1CCCC(C)(C)CC1. The van der Waals surface area contributed by atoms with Crippen LogP contribution in [0.3, 0.4) is 0 Å². The Morgan fingerprint density at radius 1 is 1.28 bits per heavy atom. The number of methoxy groups -OCH3 is 1. The lowest BCUT2D eigenvalue weighted by molar-refractivity contribution is 0.325. The van der Waals surface area contributed by atoms with Gasteiger partial charge in [0.05, 0.1) is 7.11 Å². The third-order valence-corrected chi connectivity index (χ3v) is 3.85. The van der Waals surface area contributed by atoms with E-state index < -0.39 is 0 Å². The minimum atomic E-state index is 0.381. The monoisotopic (exact) mass is 269 g/mol. The number of nitrogens with zero attached hydrogens (tertiary/aromatic N) is 3. The maximum Gasteiger partial charge on any atom is 0.199 e. The Bertz CT molecular complexity index is 423. The van der Waals surface area contributed by atoms with Crippen molar-refractivity contribution in [2.45, 2.75) is 33.1 Å². The van der Waals surface area contributed by atoms with E-state index in [1.807, 2.05) is 0 Å². The number of hydrogen-bond acceptors (Lipinski definition) is 4. The molecule has 100 valence electrons. The summed E-state index contributed by atoms with van der Waals surface area (Å²) >= 11 is 6.04. The summed E-state index contributed by atoms with van der Waals surface area (Å²) in [6, 6.07) is 0. The van der Waals surface area contributed by atoms with Crippen molar-refractivity contribution in [3.05, 3.63) is 11.5 Å². The maximum absolute atomic E-state index is 6.04. The fourth-order valence-corrected chi connectivity index (χ4v) is 2.58. The molecule has 0 N–H and O–H groups in total. The molecule has 0 aliphatic carbocycles. The second-order valence-electron chi connectivity index (χ2n) is 5.53. The highest BCUT2D eigenvalue weighted by molar-refractivity contribution is 6.31. The summed E-state index contributed by atoms with van der Waals surface area (Å²) in [5, 5.41) is 0.381. The predicted octanol–water partition coefficient (Wildman–Crippen LogP) is 3.16. The van der Waals surface area contributed by atoms with Gasteiger partial charge in [0.25, 0.3) is 0 Å². The fraction of sp³-hybridized carbons (Fsp3) is 0.692. The molecule has 2 rings (SSSR count). The third kappa shape index (κ3) is 2.86. The van der Waals surface area contributed by atoms with Crippen molar-refractivity contribution in [2.75, 3.05) is 25.1 Å². The van der Waals surface area contributed by atoms with E-state index in [1.54, 1.807) is 7.11 Å². The van der Waals surface area contributed by atoms with E-state index in [0.717, 1.165) is 31.7 Å². The van der Waals surface area contributed by atoms with E-state index >= 15 is 0 Å². The van der Waals surface area contributed by atoms with Gasteiger partial charge in [-0.15, -0.1) is 0 Å². The number of halogens is 1. The van der Waals surface area contributed by atoms with Crippen LogP contribution in [0.5, 0.6) is 5.75 Å². The second-order valence-corrected chi connectivity index (χ2v) is 5.88. The van der Waals surface area contributed by atoms with Crippen LogP contribution in [0.4, 0.5) is 5.82 Å². The predicted molar refractivity (Wildman–Crippen MR) is 73.4 cm³/mol. The molecule has 0 radical (unpaired) electrons. The van der Waals surface area contributed by atoms with Gasteiger partial charge in [0, 0.05) is 13.1 Å². The largest absolute Gasteiger partial charge is 0.490 e. The molecular weight excluding hydrogens is 250 g/mol. The van der Waals surface area contributed by atoms with Crippen LogP contribution < -0.4 is 9.64 Å². The molecule has 0 unspecified atom stereocenters. The Morgan fingerprint density at radius 2 is 2.06 bits per heavy atom. The zero-order valence-corrected chi connectivity index (χ0v) is 12.0. The van der Waals surface area contributed by atoms with Crippen LogP contribution in [-0.4, -0.2) is 30.2 Å². The van der Waals surface area contributed by atoms with Crippen molar-refractivity contribution in [1.82, 2.24) is 9.97 Å². The normalized spacial score (nSPS) is 19.4. The zero-order valence-electron chi connectivity index (χ0n) is 11.2. The maximum atomic E-state index is 6.04. The Labute approximate surface area is 113 Å². The molecule has 0 spiro atoms. The Morgan fingerprint density at radius 3 is 2.78 bits per heavy atom. The van der Waals surface area contributed by atoms with Crippen LogP contribution in [0.1, 0.15) is 33.1 Å². The second kappa shape index (κ2) is 5.31. The average Bonchev–Trinajstić information content (AvgIpc) is 2.50. The molecule has 18 heavy (non-hydrogen) atoms. The topological polar surface area (TPSA) is 38.3 Å². The molecule has 0 bridgehead atoms. The van der Waals surface area contributed by atoms with Crippen LogP contribution in [0.15, 0.2) is 6.33 Å². The van der Waals surface area contributed by atoms with Gasteiger partial charge >= 0.3 is 0 Å². The molecule has 1 aliphatic rings. The highest BCUT2D eigenvalue weighted by Crippen LogP contribution is 2.36. The van der Waals surface area contributed by atoms with Crippen molar-refractivity contribution in [2.24, 2.45) is 5.41 Å². The molecule has 5 heteroatoms. The lowest BCUT2D eigenvalue weighted by atomic mass is 9.85. The Kier molecular flexibility index (Phi) is 3.95. The summed E-state index contributed by atoms with van der Waals surface area (Å²) < 4.78 is 5.32. The molecule has 1 saturated heterocycles. The Hall–Kier alpha value is -1.03. The van der Waals surface area contributed by atoms with Gasteiger partial charge in [0.2, 0.25) is 0 Å². The smallest absolute Gasteiger partial charge is 0.199 e. The average molecular weight is 270 g/mol. The summed E-state index contributed by atoms with van der Waals surface area (Å²) in [5.41, 5.74) is 0.402. The van der Waals surface area contributed by atoms with Crippen molar-refractivity contribution in [3.8, 4) is 5.75 Å². The molecule has 1 aromatic rings. The van der Waals surface area contributed by atoms with Crippen molar-refractivity contribution < 1.29 is 4.74 Å². The van der Waals surface area contributed by atoms with E-state index in [1.165, 1.54) is 12.7 Å². The summed E-state index contributed by atoms with van der Waals surface area (Å²) in [5.74, 6) is 1.40. The van der Waals surface area contributed by atoms with Crippen molar-refractivity contribution in [1.29, 1.82) is 0 Å². The molecule has 4 nitrogen and oxygen atoms in total. The summed E-state index contributed by atoms with van der Waals surface area (Å²) in [4.78, 5) is 10.5. The third-order valence-electron chi connectivity index (χ3n) is 3.59. The number of rotatable bonds is 2. The van der Waals surface area contributed by atoms with Gasteiger partial charge < -0.3 is 9.64 Å². The summed E-state index contributed by atoms with van der Waals surface area (Å²) in [6.45, 7) is 6.62. The first kappa shape index (κ1) is 13.4. The van der Waals surface area contributed by atoms with Crippen LogP contribution in [0, 0.1) is 5.41 Å². The van der Waals surface area contributed by atoms with Crippen LogP contribution >= 0.6 is 11.6 Å². The first-order valence-electron chi connectivity index (χ1n) is 6.33. The van der Waals surface area contributed by atoms with Gasteiger partial charge in [-0.3, -0.25) is 0 Å². The first-order chi connectivity index (χ1) is 8.53. The van der Waals surface area contributed by atoms with Crippen molar-refractivity contribution in [3.63, 3.8) is 0 Å². The van der Waals surface area contributed by atoms with Gasteiger partial charge in [-0.2, -0.15) is 0 Å². The Balaban J connectivity index is 2.24. The van der Waals surface area contributed by atoms with Gasteiger partial charge in [0.1, 0.15) is 6.33 Å². The molecule has 1 fully saturated rings. The minimum Gasteiger partial charge on any atom is -0.490 e. The van der Waals surface area contributed by atoms with Gasteiger partial charge in [-0.1, -0.05) is 25.4 Å². The van der Waals surface area contributed by atoms with Crippen LogP contribution in [-0.2, 0) is 0 Å². The lowest BCUT2D eigenvalue weighted by Crippen LogP contribution is -2.26. The molecule has 1 aromatic heterocycles. The minimum absolute atomic E-state index is 0.381. The molecule has 0 amide bonds.